The summed E-state index contributed by atoms with van der Waals surface area (Å²) in [4.78, 5) is 12.8. The van der Waals surface area contributed by atoms with Crippen molar-refractivity contribution in [1.29, 1.82) is 0 Å². The van der Waals surface area contributed by atoms with E-state index in [0.717, 1.165) is 50.0 Å². The lowest BCUT2D eigenvalue weighted by atomic mass is 10.3. The Kier molecular flexibility index (Phi) is 6.28. The second-order valence-electron chi connectivity index (χ2n) is 6.29. The van der Waals surface area contributed by atoms with Gasteiger partial charge in [0.1, 0.15) is 0 Å². The highest BCUT2D eigenvalue weighted by Crippen LogP contribution is 2.19. The molecule has 1 aromatic heterocycles. The molecule has 25 heavy (non-hydrogen) atoms. The second-order valence-corrected chi connectivity index (χ2v) is 7.61. The maximum Gasteiger partial charge on any atom is 0.191 e. The van der Waals surface area contributed by atoms with Gasteiger partial charge in [0.05, 0.1) is 5.01 Å². The van der Waals surface area contributed by atoms with Crippen LogP contribution in [0.25, 0.3) is 0 Å². The van der Waals surface area contributed by atoms with Crippen molar-refractivity contribution >= 4 is 23.0 Å². The van der Waals surface area contributed by atoms with Gasteiger partial charge in [-0.25, -0.2) is 4.98 Å². The van der Waals surface area contributed by atoms with Gasteiger partial charge >= 0.3 is 0 Å². The molecule has 0 bridgehead atoms. The highest BCUT2D eigenvalue weighted by atomic mass is 32.1. The molecule has 0 spiro atoms. The van der Waals surface area contributed by atoms with Crippen molar-refractivity contribution < 1.29 is 0 Å². The maximum absolute atomic E-state index is 4.72. The number of para-hydroxylation sites is 1. The summed E-state index contributed by atoms with van der Waals surface area (Å²) in [6, 6.07) is 11.1. The van der Waals surface area contributed by atoms with Crippen LogP contribution in [0.3, 0.4) is 0 Å². The minimum atomic E-state index is 0.431. The van der Waals surface area contributed by atoms with Gasteiger partial charge in [-0.3, -0.25) is 4.99 Å². The number of aliphatic imine (C=N–C) groups is 1. The monoisotopic (exact) mass is 357 g/mol. The Balaban J connectivity index is 1.52. The van der Waals surface area contributed by atoms with Gasteiger partial charge in [-0.15, -0.1) is 11.3 Å². The molecule has 1 aliphatic rings. The van der Waals surface area contributed by atoms with Crippen molar-refractivity contribution in [3.05, 3.63) is 46.4 Å². The molecule has 3 rings (SSSR count). The molecule has 1 atom stereocenters. The Morgan fingerprint density at radius 1 is 1.36 bits per heavy atom. The molecule has 6 heteroatoms. The summed E-state index contributed by atoms with van der Waals surface area (Å²) in [6.45, 7) is 7.93. The Bertz CT molecular complexity index is 682. The number of aromatic nitrogens is 1. The Morgan fingerprint density at radius 2 is 2.20 bits per heavy atom. The fourth-order valence-corrected chi connectivity index (χ4v) is 3.82. The van der Waals surface area contributed by atoms with Gasteiger partial charge in [-0.2, -0.15) is 0 Å². The average molecular weight is 358 g/mol. The smallest absolute Gasteiger partial charge is 0.191 e. The van der Waals surface area contributed by atoms with E-state index in [0.29, 0.717) is 6.04 Å². The molecule has 0 amide bonds. The number of hydrogen-bond acceptors (Lipinski definition) is 4. The van der Waals surface area contributed by atoms with Crippen molar-refractivity contribution in [2.45, 2.75) is 32.7 Å². The number of thiazole rings is 1. The van der Waals surface area contributed by atoms with E-state index in [-0.39, 0.29) is 0 Å². The molecule has 5 nitrogen and oxygen atoms in total. The van der Waals surface area contributed by atoms with Gasteiger partial charge in [0.2, 0.25) is 0 Å². The van der Waals surface area contributed by atoms with Crippen molar-refractivity contribution in [2.24, 2.45) is 4.99 Å². The van der Waals surface area contributed by atoms with E-state index < -0.39 is 0 Å². The highest BCUT2D eigenvalue weighted by molar-refractivity contribution is 7.11. The summed E-state index contributed by atoms with van der Waals surface area (Å²) in [5.74, 6) is 0.913. The molecular formula is C19H27N5S. The lowest BCUT2D eigenvalue weighted by Crippen LogP contribution is -2.44. The van der Waals surface area contributed by atoms with Crippen LogP contribution < -0.4 is 15.5 Å². The zero-order valence-electron chi connectivity index (χ0n) is 15.0. The Morgan fingerprint density at radius 3 is 2.92 bits per heavy atom. The third-order valence-corrected chi connectivity index (χ3v) is 5.23. The van der Waals surface area contributed by atoms with Crippen LogP contribution in [-0.4, -0.2) is 43.2 Å². The van der Waals surface area contributed by atoms with Crippen molar-refractivity contribution in [3.8, 4) is 0 Å². The number of hydrogen-bond donors (Lipinski definition) is 2. The van der Waals surface area contributed by atoms with Gasteiger partial charge < -0.3 is 15.5 Å². The van der Waals surface area contributed by atoms with Crippen LogP contribution in [0.5, 0.6) is 0 Å². The van der Waals surface area contributed by atoms with E-state index in [1.807, 2.05) is 6.20 Å². The molecule has 0 saturated carbocycles. The van der Waals surface area contributed by atoms with Crippen LogP contribution in [0.15, 0.2) is 41.5 Å². The summed E-state index contributed by atoms with van der Waals surface area (Å²) >= 11 is 1.76. The lowest BCUT2D eigenvalue weighted by molar-refractivity contribution is 0.649. The first-order chi connectivity index (χ1) is 12.2. The van der Waals surface area contributed by atoms with Gasteiger partial charge in [-0.1, -0.05) is 18.2 Å². The number of nitrogens with one attached hydrogen (secondary N) is 2. The number of aryl methyl sites for hydroxylation is 1. The van der Waals surface area contributed by atoms with Crippen LogP contribution >= 0.6 is 11.3 Å². The standard InChI is InChI=1S/C19H27N5S/c1-3-20-19(21-11-9-18-22-13-15(2)25-18)23-16-10-12-24(14-16)17-7-5-4-6-8-17/h4-8,13,16H,3,9-12,14H2,1-2H3,(H2,20,21,23). The van der Waals surface area contributed by atoms with Crippen LogP contribution in [0.1, 0.15) is 23.2 Å². The quantitative estimate of drug-likeness (QED) is 0.617. The summed E-state index contributed by atoms with van der Waals surface area (Å²) < 4.78 is 0. The topological polar surface area (TPSA) is 52.6 Å². The molecule has 0 radical (unpaired) electrons. The molecular weight excluding hydrogens is 330 g/mol. The average Bonchev–Trinajstić information content (AvgIpc) is 3.25. The number of nitrogens with zero attached hydrogens (tertiary/aromatic N) is 3. The lowest BCUT2D eigenvalue weighted by Gasteiger charge is -2.20. The van der Waals surface area contributed by atoms with Crippen LogP contribution in [0.4, 0.5) is 5.69 Å². The first-order valence-electron chi connectivity index (χ1n) is 9.00. The fourth-order valence-electron chi connectivity index (χ4n) is 3.05. The predicted octanol–water partition coefficient (Wildman–Crippen LogP) is 2.83. The van der Waals surface area contributed by atoms with Gasteiger partial charge in [0.25, 0.3) is 0 Å². The van der Waals surface area contributed by atoms with Crippen LogP contribution in [0, 0.1) is 6.92 Å². The molecule has 1 fully saturated rings. The molecule has 134 valence electrons. The van der Waals surface area contributed by atoms with Crippen LogP contribution in [-0.2, 0) is 6.42 Å². The molecule has 1 aliphatic heterocycles. The van der Waals surface area contributed by atoms with Gasteiger partial charge in [0.15, 0.2) is 5.96 Å². The Hall–Kier alpha value is -2.08. The summed E-state index contributed by atoms with van der Waals surface area (Å²) in [6.07, 6.45) is 3.96. The van der Waals surface area contributed by atoms with Crippen molar-refractivity contribution in [1.82, 2.24) is 15.6 Å². The van der Waals surface area contributed by atoms with Crippen molar-refractivity contribution in [2.75, 3.05) is 31.1 Å². The third kappa shape index (κ3) is 5.19. The maximum atomic E-state index is 4.72. The van der Waals surface area contributed by atoms with Crippen molar-refractivity contribution in [3.63, 3.8) is 0 Å². The first-order valence-corrected chi connectivity index (χ1v) is 9.82. The normalized spacial score (nSPS) is 17.8. The van der Waals surface area contributed by atoms with E-state index in [2.05, 4.69) is 64.7 Å². The summed E-state index contributed by atoms with van der Waals surface area (Å²) in [5, 5.41) is 8.11. The molecule has 0 aliphatic carbocycles. The zero-order valence-corrected chi connectivity index (χ0v) is 15.9. The fraction of sp³-hybridized carbons (Fsp3) is 0.474. The Labute approximate surface area is 154 Å². The second kappa shape index (κ2) is 8.85. The number of anilines is 1. The largest absolute Gasteiger partial charge is 0.369 e. The predicted molar refractivity (Wildman–Crippen MR) is 107 cm³/mol. The molecule has 2 aromatic rings. The number of rotatable bonds is 6. The molecule has 2 heterocycles. The third-order valence-electron chi connectivity index (χ3n) is 4.26. The summed E-state index contributed by atoms with van der Waals surface area (Å²) in [5.41, 5.74) is 1.30. The molecule has 2 N–H and O–H groups in total. The minimum absolute atomic E-state index is 0.431. The molecule has 1 unspecified atom stereocenters. The summed E-state index contributed by atoms with van der Waals surface area (Å²) in [7, 11) is 0. The van der Waals surface area contributed by atoms with E-state index in [9.17, 15) is 0 Å². The SMILES string of the molecule is CCNC(=NCCc1ncc(C)s1)NC1CCN(c2ccccc2)C1. The highest BCUT2D eigenvalue weighted by Gasteiger charge is 2.23. The van der Waals surface area contributed by atoms with Crippen LogP contribution in [0.2, 0.25) is 0 Å². The van der Waals surface area contributed by atoms with E-state index >= 15 is 0 Å². The number of guanidine groups is 1. The van der Waals surface area contributed by atoms with Gasteiger partial charge in [0, 0.05) is 55.4 Å². The van der Waals surface area contributed by atoms with Gasteiger partial charge in [-0.05, 0) is 32.4 Å². The van der Waals surface area contributed by atoms with E-state index in [1.165, 1.54) is 10.6 Å². The molecule has 1 aromatic carbocycles. The first kappa shape index (κ1) is 17.7. The number of benzene rings is 1. The van der Waals surface area contributed by atoms with E-state index in [1.54, 1.807) is 11.3 Å². The minimum Gasteiger partial charge on any atom is -0.369 e. The van der Waals surface area contributed by atoms with E-state index in [4.69, 9.17) is 4.99 Å². The zero-order chi connectivity index (χ0) is 17.5. The molecule has 1 saturated heterocycles.